The smallest absolute Gasteiger partial charge is 0.350 e. The third kappa shape index (κ3) is 5.22. The SMILES string of the molecule is COc1cc(O)c(F)c(C(Nc2ccc(C(=N)N)c(OC(C)=O)c2)c2nn(-c3ncccn3)c(=O)[nH]2)c1. The molecule has 0 aliphatic rings. The summed E-state index contributed by atoms with van der Waals surface area (Å²) >= 11 is 0. The number of esters is 1. The molecule has 37 heavy (non-hydrogen) atoms. The maximum absolute atomic E-state index is 15.2. The zero-order valence-corrected chi connectivity index (χ0v) is 19.5. The quantitative estimate of drug-likeness (QED) is 0.101. The molecule has 13 nitrogen and oxygen atoms in total. The van der Waals surface area contributed by atoms with E-state index >= 15 is 4.39 Å². The average molecular weight is 508 g/mol. The predicted molar refractivity (Wildman–Crippen MR) is 129 cm³/mol. The number of amidine groups is 1. The van der Waals surface area contributed by atoms with Crippen molar-refractivity contribution in [1.82, 2.24) is 24.7 Å². The lowest BCUT2D eigenvalue weighted by Crippen LogP contribution is -2.18. The number of nitrogens with one attached hydrogen (secondary N) is 3. The van der Waals surface area contributed by atoms with Gasteiger partial charge in [0.05, 0.1) is 12.7 Å². The molecule has 4 rings (SSSR count). The third-order valence-electron chi connectivity index (χ3n) is 5.09. The molecule has 1 atom stereocenters. The van der Waals surface area contributed by atoms with Crippen LogP contribution in [0, 0.1) is 11.2 Å². The summed E-state index contributed by atoms with van der Waals surface area (Å²) in [5.74, 6) is -2.64. The third-order valence-corrected chi connectivity index (χ3v) is 5.09. The summed E-state index contributed by atoms with van der Waals surface area (Å²) in [4.78, 5) is 34.8. The molecular formula is C23H21FN8O5. The first-order chi connectivity index (χ1) is 17.7. The molecule has 6 N–H and O–H groups in total. The Kier molecular flexibility index (Phi) is 6.81. The number of aromatic nitrogens is 5. The van der Waals surface area contributed by atoms with E-state index in [9.17, 15) is 14.7 Å². The number of phenolic OH excluding ortho intramolecular Hbond substituents is 1. The van der Waals surface area contributed by atoms with E-state index in [2.05, 4.69) is 25.4 Å². The fourth-order valence-corrected chi connectivity index (χ4v) is 3.47. The first kappa shape index (κ1) is 24.8. The lowest BCUT2D eigenvalue weighted by atomic mass is 10.0. The van der Waals surface area contributed by atoms with Crippen molar-refractivity contribution in [2.24, 2.45) is 5.73 Å². The van der Waals surface area contributed by atoms with Crippen LogP contribution in [-0.4, -0.2) is 48.8 Å². The molecule has 2 heterocycles. The first-order valence-electron chi connectivity index (χ1n) is 10.6. The maximum Gasteiger partial charge on any atom is 0.350 e. The minimum Gasteiger partial charge on any atom is -0.505 e. The van der Waals surface area contributed by atoms with Gasteiger partial charge in [0.15, 0.2) is 17.4 Å². The number of rotatable bonds is 8. The maximum atomic E-state index is 15.2. The Morgan fingerprint density at radius 1 is 1.27 bits per heavy atom. The Hall–Kier alpha value is -5.27. The Balaban J connectivity index is 1.86. The van der Waals surface area contributed by atoms with Gasteiger partial charge in [-0.1, -0.05) is 0 Å². The molecule has 0 bridgehead atoms. The van der Waals surface area contributed by atoms with E-state index in [0.29, 0.717) is 0 Å². The number of benzene rings is 2. The van der Waals surface area contributed by atoms with Crippen LogP contribution in [0.4, 0.5) is 10.1 Å². The number of nitrogens with two attached hydrogens (primary N) is 1. The summed E-state index contributed by atoms with van der Waals surface area (Å²) in [6.45, 7) is 1.18. The standard InChI is InChI=1S/C23H21FN8O5/c1-11(33)37-17-8-12(4-5-14(17)20(25)26)29-19(15-9-13(36-2)10-16(34)18(15)24)21-30-23(35)32(31-21)22-27-6-3-7-28-22/h3-10,19,29,34H,1-2H3,(H3,25,26)(H,30,31,35). The van der Waals surface area contributed by atoms with Crippen LogP contribution in [-0.2, 0) is 4.79 Å². The van der Waals surface area contributed by atoms with Gasteiger partial charge in [0.2, 0.25) is 0 Å². The zero-order valence-electron chi connectivity index (χ0n) is 19.5. The van der Waals surface area contributed by atoms with E-state index in [-0.39, 0.29) is 45.9 Å². The van der Waals surface area contributed by atoms with Crippen LogP contribution < -0.4 is 26.2 Å². The minimum atomic E-state index is -1.20. The molecule has 4 aromatic rings. The number of halogens is 1. The molecule has 0 saturated carbocycles. The summed E-state index contributed by atoms with van der Waals surface area (Å²) < 4.78 is 26.4. The second-order valence-electron chi connectivity index (χ2n) is 7.62. The molecule has 0 aliphatic carbocycles. The average Bonchev–Trinajstić information content (AvgIpc) is 3.25. The predicted octanol–water partition coefficient (Wildman–Crippen LogP) is 1.61. The van der Waals surface area contributed by atoms with E-state index in [1.54, 1.807) is 6.07 Å². The van der Waals surface area contributed by atoms with Crippen LogP contribution in [0.1, 0.15) is 29.9 Å². The number of aromatic hydroxyl groups is 1. The molecule has 0 amide bonds. The largest absolute Gasteiger partial charge is 0.505 e. The Morgan fingerprint density at radius 3 is 2.65 bits per heavy atom. The van der Waals surface area contributed by atoms with Crippen LogP contribution in [0.3, 0.4) is 0 Å². The lowest BCUT2D eigenvalue weighted by Gasteiger charge is -2.21. The van der Waals surface area contributed by atoms with Crippen LogP contribution in [0.15, 0.2) is 53.6 Å². The number of carbonyl (C=O) groups excluding carboxylic acids is 1. The number of hydrogen-bond donors (Lipinski definition) is 5. The van der Waals surface area contributed by atoms with Gasteiger partial charge in [-0.3, -0.25) is 15.2 Å². The molecule has 0 spiro atoms. The van der Waals surface area contributed by atoms with Gasteiger partial charge in [-0.25, -0.2) is 19.2 Å². The number of ether oxygens (including phenoxy) is 2. The zero-order chi connectivity index (χ0) is 26.7. The van der Waals surface area contributed by atoms with Crippen molar-refractivity contribution in [1.29, 1.82) is 5.41 Å². The van der Waals surface area contributed by atoms with Crippen molar-refractivity contribution in [3.8, 4) is 23.2 Å². The van der Waals surface area contributed by atoms with E-state index < -0.39 is 29.3 Å². The molecule has 0 radical (unpaired) electrons. The van der Waals surface area contributed by atoms with E-state index in [1.165, 1.54) is 50.7 Å². The number of anilines is 1. The number of methoxy groups -OCH3 is 1. The Morgan fingerprint density at radius 2 is 2.00 bits per heavy atom. The van der Waals surface area contributed by atoms with E-state index in [1.807, 2.05) is 0 Å². The van der Waals surface area contributed by atoms with Gasteiger partial charge in [0.1, 0.15) is 23.4 Å². The van der Waals surface area contributed by atoms with Gasteiger partial charge in [-0.15, -0.1) is 9.78 Å². The van der Waals surface area contributed by atoms with Gasteiger partial charge in [-0.2, -0.15) is 0 Å². The first-order valence-corrected chi connectivity index (χ1v) is 10.6. The number of hydrogen-bond acceptors (Lipinski definition) is 10. The van der Waals surface area contributed by atoms with Crippen molar-refractivity contribution >= 4 is 17.5 Å². The highest BCUT2D eigenvalue weighted by atomic mass is 19.1. The fourth-order valence-electron chi connectivity index (χ4n) is 3.47. The van der Waals surface area contributed by atoms with Crippen LogP contribution in [0.25, 0.3) is 5.95 Å². The number of H-pyrrole nitrogens is 1. The van der Waals surface area contributed by atoms with Crippen molar-refractivity contribution in [2.75, 3.05) is 12.4 Å². The Labute approximate surface area is 208 Å². The normalized spacial score (nSPS) is 11.5. The van der Waals surface area contributed by atoms with Gasteiger partial charge in [-0.05, 0) is 24.3 Å². The van der Waals surface area contributed by atoms with Crippen LogP contribution in [0.5, 0.6) is 17.2 Å². The van der Waals surface area contributed by atoms with Gasteiger partial charge >= 0.3 is 11.7 Å². The highest BCUT2D eigenvalue weighted by molar-refractivity contribution is 5.98. The molecule has 14 heteroatoms. The molecule has 0 saturated heterocycles. The van der Waals surface area contributed by atoms with E-state index in [4.69, 9.17) is 20.6 Å². The molecule has 1 unspecified atom stereocenters. The van der Waals surface area contributed by atoms with Gasteiger partial charge in [0, 0.05) is 42.7 Å². The number of aromatic amines is 1. The van der Waals surface area contributed by atoms with Crippen molar-refractivity contribution in [3.63, 3.8) is 0 Å². The Bertz CT molecular complexity index is 1540. The second kappa shape index (κ2) is 10.2. The summed E-state index contributed by atoms with van der Waals surface area (Å²) in [5, 5.41) is 25.1. The van der Waals surface area contributed by atoms with E-state index in [0.717, 1.165) is 10.7 Å². The molecular weight excluding hydrogens is 487 g/mol. The topological polar surface area (TPSA) is 194 Å². The monoisotopic (exact) mass is 508 g/mol. The van der Waals surface area contributed by atoms with Gasteiger partial charge in [0.25, 0.3) is 5.95 Å². The molecule has 190 valence electrons. The highest BCUT2D eigenvalue weighted by Crippen LogP contribution is 2.35. The molecule has 2 aromatic carbocycles. The number of phenols is 1. The molecule has 0 fully saturated rings. The van der Waals surface area contributed by atoms with Gasteiger partial charge < -0.3 is 25.6 Å². The lowest BCUT2D eigenvalue weighted by molar-refractivity contribution is -0.131. The second-order valence-corrected chi connectivity index (χ2v) is 7.62. The van der Waals surface area contributed by atoms with Crippen molar-refractivity contribution < 1.29 is 23.8 Å². The number of nitrogen functional groups attached to an aromatic ring is 1. The summed E-state index contributed by atoms with van der Waals surface area (Å²) in [5.41, 5.74) is 5.18. The highest BCUT2D eigenvalue weighted by Gasteiger charge is 2.27. The van der Waals surface area contributed by atoms with Crippen molar-refractivity contribution in [3.05, 3.63) is 82.0 Å². The van der Waals surface area contributed by atoms with Crippen LogP contribution in [0.2, 0.25) is 0 Å². The van der Waals surface area contributed by atoms with Crippen LogP contribution >= 0.6 is 0 Å². The number of nitrogens with zero attached hydrogens (tertiary/aromatic N) is 4. The summed E-state index contributed by atoms with van der Waals surface area (Å²) in [6.07, 6.45) is 2.84. The fraction of sp³-hybridized carbons (Fsp3) is 0.130. The summed E-state index contributed by atoms with van der Waals surface area (Å²) in [7, 11) is 1.34. The molecule has 2 aromatic heterocycles. The minimum absolute atomic E-state index is 0.0191. The number of carbonyl (C=O) groups is 1. The summed E-state index contributed by atoms with van der Waals surface area (Å²) in [6, 6.07) is 7.08. The van der Waals surface area contributed by atoms with Crippen molar-refractivity contribution in [2.45, 2.75) is 13.0 Å². The molecule has 0 aliphatic heterocycles.